The molecule has 1 aromatic heterocycles. The number of thiazole rings is 1. The van der Waals surface area contributed by atoms with E-state index in [1.807, 2.05) is 61.5 Å². The number of hydrazone groups is 1. The number of amides is 1. The number of carbonyl (C=O) groups excluding carboxylic acids is 1. The maximum Gasteiger partial charge on any atom is 0.284 e. The molecule has 1 amide bonds. The van der Waals surface area contributed by atoms with Gasteiger partial charge in [-0.2, -0.15) is 10.1 Å². The molecule has 7 heteroatoms. The third-order valence-corrected chi connectivity index (χ3v) is 5.15. The number of nitrogens with zero attached hydrogens (tertiary/aromatic N) is 4. The van der Waals surface area contributed by atoms with Crippen LogP contribution in [0.15, 0.2) is 65.4 Å². The summed E-state index contributed by atoms with van der Waals surface area (Å²) in [5, 5.41) is 7.01. The molecule has 0 radical (unpaired) electrons. The van der Waals surface area contributed by atoms with Crippen molar-refractivity contribution in [2.45, 2.75) is 0 Å². The number of carbonyl (C=O) groups is 1. The van der Waals surface area contributed by atoms with E-state index < -0.39 is 0 Å². The molecule has 0 atom stereocenters. The van der Waals surface area contributed by atoms with Gasteiger partial charge in [-0.3, -0.25) is 4.79 Å². The van der Waals surface area contributed by atoms with E-state index in [1.54, 1.807) is 12.3 Å². The second-order valence-corrected chi connectivity index (χ2v) is 7.44. The Morgan fingerprint density at radius 1 is 1.12 bits per heavy atom. The first-order valence-electron chi connectivity index (χ1n) is 7.97. The molecule has 2 aromatic carbocycles. The molecule has 2 heterocycles. The Morgan fingerprint density at radius 2 is 1.88 bits per heavy atom. The van der Waals surface area contributed by atoms with Gasteiger partial charge in [-0.05, 0) is 12.1 Å². The van der Waals surface area contributed by atoms with Crippen LogP contribution in [0.25, 0.3) is 10.2 Å². The zero-order valence-electron chi connectivity index (χ0n) is 14.2. The van der Waals surface area contributed by atoms with Gasteiger partial charge in [0.1, 0.15) is 11.2 Å². The van der Waals surface area contributed by atoms with Gasteiger partial charge in [0.05, 0.1) is 15.3 Å². The molecule has 0 bridgehead atoms. The predicted molar refractivity (Wildman–Crippen MR) is 107 cm³/mol. The van der Waals surface area contributed by atoms with Crippen LogP contribution in [-0.4, -0.2) is 35.6 Å². The summed E-state index contributed by atoms with van der Waals surface area (Å²) in [6.45, 7) is 0. The van der Waals surface area contributed by atoms with Crippen LogP contribution in [0, 0.1) is 0 Å². The number of aromatic nitrogens is 1. The normalized spacial score (nSPS) is 15.8. The Hall–Kier alpha value is -2.70. The Balaban J connectivity index is 1.84. The zero-order valence-corrected chi connectivity index (χ0v) is 15.8. The number of hydrogen-bond donors (Lipinski definition) is 0. The number of anilines is 1. The Kier molecular flexibility index (Phi) is 4.22. The number of halogens is 1. The van der Waals surface area contributed by atoms with Crippen molar-refractivity contribution >= 4 is 49.9 Å². The van der Waals surface area contributed by atoms with E-state index in [0.717, 1.165) is 10.3 Å². The highest BCUT2D eigenvalue weighted by molar-refractivity contribution is 7.22. The number of fused-ring (bicyclic) bond motifs is 1. The summed E-state index contributed by atoms with van der Waals surface area (Å²) < 4.78 is 0.918. The second kappa shape index (κ2) is 6.55. The molecule has 0 aliphatic carbocycles. The first kappa shape index (κ1) is 16.8. The van der Waals surface area contributed by atoms with Crippen molar-refractivity contribution in [1.82, 2.24) is 9.88 Å². The van der Waals surface area contributed by atoms with E-state index >= 15 is 0 Å². The van der Waals surface area contributed by atoms with Crippen LogP contribution in [0.2, 0.25) is 5.02 Å². The zero-order chi connectivity index (χ0) is 18.3. The Bertz CT molecular complexity index is 1060. The lowest BCUT2D eigenvalue weighted by atomic mass is 10.0. The van der Waals surface area contributed by atoms with Gasteiger partial charge in [-0.1, -0.05) is 59.3 Å². The van der Waals surface area contributed by atoms with Crippen molar-refractivity contribution < 1.29 is 4.79 Å². The van der Waals surface area contributed by atoms with Crippen molar-refractivity contribution in [3.05, 3.63) is 70.9 Å². The number of benzene rings is 2. The maximum atomic E-state index is 13.0. The lowest BCUT2D eigenvalue weighted by molar-refractivity contribution is -0.114. The first-order chi connectivity index (χ1) is 12.5. The summed E-state index contributed by atoms with van der Waals surface area (Å²) in [6, 6.07) is 15.3. The first-order valence-corrected chi connectivity index (χ1v) is 9.16. The van der Waals surface area contributed by atoms with Gasteiger partial charge >= 0.3 is 0 Å². The third kappa shape index (κ3) is 2.87. The molecular formula is C19H15ClN4OS. The summed E-state index contributed by atoms with van der Waals surface area (Å²) in [7, 11) is 3.76. The molecule has 0 unspecified atom stereocenters. The SMILES string of the molecule is CN(C)/C=C1/C(=O)N(c2nc3c(Cl)cccc3s2)N=C1c1ccccc1. The van der Waals surface area contributed by atoms with Crippen molar-refractivity contribution in [1.29, 1.82) is 0 Å². The smallest absolute Gasteiger partial charge is 0.284 e. The lowest BCUT2D eigenvalue weighted by Crippen LogP contribution is -2.22. The average Bonchev–Trinajstić information content (AvgIpc) is 3.19. The topological polar surface area (TPSA) is 48.8 Å². The molecule has 0 fully saturated rings. The van der Waals surface area contributed by atoms with E-state index in [4.69, 9.17) is 11.6 Å². The molecule has 130 valence electrons. The van der Waals surface area contributed by atoms with E-state index in [9.17, 15) is 4.79 Å². The molecule has 26 heavy (non-hydrogen) atoms. The van der Waals surface area contributed by atoms with Crippen LogP contribution in [0.5, 0.6) is 0 Å². The quantitative estimate of drug-likeness (QED) is 0.639. The van der Waals surface area contributed by atoms with E-state index in [-0.39, 0.29) is 5.91 Å². The molecule has 0 saturated carbocycles. The van der Waals surface area contributed by atoms with Crippen molar-refractivity contribution in [3.8, 4) is 0 Å². The highest BCUT2D eigenvalue weighted by atomic mass is 35.5. The molecule has 1 aliphatic rings. The van der Waals surface area contributed by atoms with Crippen molar-refractivity contribution in [2.75, 3.05) is 19.1 Å². The monoisotopic (exact) mass is 382 g/mol. The largest absolute Gasteiger partial charge is 0.383 e. The van der Waals surface area contributed by atoms with Gasteiger partial charge < -0.3 is 4.90 Å². The minimum absolute atomic E-state index is 0.201. The fraction of sp³-hybridized carbons (Fsp3) is 0.105. The second-order valence-electron chi connectivity index (χ2n) is 6.02. The van der Waals surface area contributed by atoms with Gasteiger partial charge in [0, 0.05) is 25.9 Å². The highest BCUT2D eigenvalue weighted by Crippen LogP contribution is 2.35. The van der Waals surface area contributed by atoms with E-state index in [2.05, 4.69) is 10.1 Å². The minimum atomic E-state index is -0.201. The molecule has 0 N–H and O–H groups in total. The molecular weight excluding hydrogens is 368 g/mol. The standard InChI is InChI=1S/C19H15ClN4OS/c1-23(2)11-13-16(12-7-4-3-5-8-12)22-24(18(13)25)19-21-17-14(20)9-6-10-15(17)26-19/h3-11H,1-2H3/b13-11+. The highest BCUT2D eigenvalue weighted by Gasteiger charge is 2.34. The van der Waals surface area contributed by atoms with Crippen LogP contribution in [0.4, 0.5) is 5.13 Å². The Morgan fingerprint density at radius 3 is 2.58 bits per heavy atom. The molecule has 1 aliphatic heterocycles. The van der Waals surface area contributed by atoms with Crippen LogP contribution in [-0.2, 0) is 4.79 Å². The molecule has 5 nitrogen and oxygen atoms in total. The van der Waals surface area contributed by atoms with Crippen LogP contribution in [0.1, 0.15) is 5.56 Å². The fourth-order valence-corrected chi connectivity index (χ4v) is 3.94. The molecule has 4 rings (SSSR count). The van der Waals surface area contributed by atoms with Crippen LogP contribution >= 0.6 is 22.9 Å². The minimum Gasteiger partial charge on any atom is -0.383 e. The summed E-state index contributed by atoms with van der Waals surface area (Å²) in [6.07, 6.45) is 1.79. The van der Waals surface area contributed by atoms with Gasteiger partial charge in [-0.25, -0.2) is 4.98 Å². The van der Waals surface area contributed by atoms with Crippen LogP contribution < -0.4 is 5.01 Å². The molecule has 0 spiro atoms. The number of hydrogen-bond acceptors (Lipinski definition) is 5. The maximum absolute atomic E-state index is 13.0. The predicted octanol–water partition coefficient (Wildman–Crippen LogP) is 4.15. The fourth-order valence-electron chi connectivity index (χ4n) is 2.72. The van der Waals surface area contributed by atoms with E-state index in [1.165, 1.54) is 16.3 Å². The Labute approximate surface area is 159 Å². The van der Waals surface area contributed by atoms with E-state index in [0.29, 0.717) is 27.0 Å². The number of para-hydroxylation sites is 1. The summed E-state index contributed by atoms with van der Waals surface area (Å²) in [5.74, 6) is -0.201. The lowest BCUT2D eigenvalue weighted by Gasteiger charge is -2.09. The number of rotatable bonds is 3. The van der Waals surface area contributed by atoms with Crippen LogP contribution in [0.3, 0.4) is 0 Å². The summed E-state index contributed by atoms with van der Waals surface area (Å²) in [4.78, 5) is 19.4. The molecule has 0 saturated heterocycles. The summed E-state index contributed by atoms with van der Waals surface area (Å²) >= 11 is 7.61. The van der Waals surface area contributed by atoms with Gasteiger partial charge in [0.15, 0.2) is 0 Å². The van der Waals surface area contributed by atoms with Gasteiger partial charge in [0.2, 0.25) is 5.13 Å². The van der Waals surface area contributed by atoms with Gasteiger partial charge in [0.25, 0.3) is 5.91 Å². The average molecular weight is 383 g/mol. The summed E-state index contributed by atoms with van der Waals surface area (Å²) in [5.41, 5.74) is 2.74. The third-order valence-electron chi connectivity index (χ3n) is 3.85. The molecule has 3 aromatic rings. The van der Waals surface area contributed by atoms with Crippen molar-refractivity contribution in [3.63, 3.8) is 0 Å². The van der Waals surface area contributed by atoms with Gasteiger partial charge in [-0.15, -0.1) is 0 Å². The van der Waals surface area contributed by atoms with Crippen molar-refractivity contribution in [2.24, 2.45) is 5.10 Å².